The minimum atomic E-state index is -3.72. The maximum Gasteiger partial charge on any atom is 0.343 e. The van der Waals surface area contributed by atoms with Gasteiger partial charge in [0.15, 0.2) is 5.69 Å². The van der Waals surface area contributed by atoms with E-state index in [2.05, 4.69) is 30.9 Å². The Labute approximate surface area is 189 Å². The van der Waals surface area contributed by atoms with E-state index in [4.69, 9.17) is 0 Å². The molecule has 5 N–H and O–H groups in total. The zero-order valence-electron chi connectivity index (χ0n) is 17.9. The number of H-pyrrole nitrogens is 1. The summed E-state index contributed by atoms with van der Waals surface area (Å²) in [6.45, 7) is 2.74. The van der Waals surface area contributed by atoms with Gasteiger partial charge in [-0.1, -0.05) is 22.8 Å². The summed E-state index contributed by atoms with van der Waals surface area (Å²) in [6, 6.07) is 7.36. The van der Waals surface area contributed by atoms with Gasteiger partial charge < -0.3 is 26.1 Å². The van der Waals surface area contributed by atoms with E-state index in [1.807, 2.05) is 6.92 Å². The molecule has 0 radical (unpaired) electrons. The van der Waals surface area contributed by atoms with Crippen molar-refractivity contribution >= 4 is 27.7 Å². The summed E-state index contributed by atoms with van der Waals surface area (Å²) in [5, 5.41) is 25.0. The molecular formula is C19H25N7O6S. The predicted octanol–water partition coefficient (Wildman–Crippen LogP) is -0.427. The van der Waals surface area contributed by atoms with Gasteiger partial charge in [-0.3, -0.25) is 9.59 Å². The quantitative estimate of drug-likeness (QED) is 0.182. The highest BCUT2D eigenvalue weighted by molar-refractivity contribution is 7.89. The molecule has 1 saturated heterocycles. The van der Waals surface area contributed by atoms with Crippen LogP contribution in [0.2, 0.25) is 0 Å². The smallest absolute Gasteiger partial charge is 0.343 e. The van der Waals surface area contributed by atoms with Crippen LogP contribution in [-0.4, -0.2) is 67.1 Å². The first-order chi connectivity index (χ1) is 15.6. The monoisotopic (exact) mass is 479 g/mol. The lowest BCUT2D eigenvalue weighted by molar-refractivity contribution is -0.389. The molecule has 14 heteroatoms. The van der Waals surface area contributed by atoms with Crippen LogP contribution in [0.15, 0.2) is 35.2 Å². The average Bonchev–Trinajstić information content (AvgIpc) is 3.28. The highest BCUT2D eigenvalue weighted by Crippen LogP contribution is 2.20. The van der Waals surface area contributed by atoms with Gasteiger partial charge in [-0.25, -0.2) is 13.1 Å². The van der Waals surface area contributed by atoms with Crippen molar-refractivity contribution in [3.05, 3.63) is 51.7 Å². The van der Waals surface area contributed by atoms with Crippen molar-refractivity contribution in [1.82, 2.24) is 30.9 Å². The fourth-order valence-electron chi connectivity index (χ4n) is 3.40. The van der Waals surface area contributed by atoms with E-state index in [1.165, 1.54) is 12.1 Å². The SMILES string of the molecule is Cc1ccc(S(=O)(=O)NCCNC(=O)C2(NC(=O)c3cc([N+](=O)[O-])[nH]n3)CCNCC2)cc1. The summed E-state index contributed by atoms with van der Waals surface area (Å²) in [5.74, 6) is -1.64. The number of aromatic nitrogens is 2. The molecule has 1 aliphatic rings. The molecule has 1 aliphatic heterocycles. The fraction of sp³-hybridized carbons (Fsp3) is 0.421. The summed E-state index contributed by atoms with van der Waals surface area (Å²) in [6.07, 6.45) is 0.568. The topological polar surface area (TPSA) is 188 Å². The maximum absolute atomic E-state index is 13.0. The number of rotatable bonds is 9. The summed E-state index contributed by atoms with van der Waals surface area (Å²) in [7, 11) is -3.72. The standard InChI is InChI=1S/C19H25N7O6S/c1-13-2-4-14(5-3-13)33(31,32)22-11-10-21-18(28)19(6-8-20-9-7-19)23-17(27)15-12-16(25-24-15)26(29)30/h2-5,12,20,22H,6-11H2,1H3,(H,21,28)(H,23,27)(H,24,25). The van der Waals surface area contributed by atoms with Crippen LogP contribution >= 0.6 is 0 Å². The fourth-order valence-corrected chi connectivity index (χ4v) is 4.43. The number of aromatic amines is 1. The number of hydrogen-bond acceptors (Lipinski definition) is 8. The van der Waals surface area contributed by atoms with E-state index >= 15 is 0 Å². The number of nitrogens with zero attached hydrogens (tertiary/aromatic N) is 2. The van der Waals surface area contributed by atoms with Gasteiger partial charge in [0.1, 0.15) is 5.54 Å². The van der Waals surface area contributed by atoms with Crippen LogP contribution < -0.4 is 20.7 Å². The maximum atomic E-state index is 13.0. The van der Waals surface area contributed by atoms with Crippen LogP contribution in [0.4, 0.5) is 5.82 Å². The number of sulfonamides is 1. The second-order valence-corrected chi connectivity index (χ2v) is 9.42. The lowest BCUT2D eigenvalue weighted by atomic mass is 9.87. The van der Waals surface area contributed by atoms with Crippen LogP contribution in [0.3, 0.4) is 0 Å². The highest BCUT2D eigenvalue weighted by Gasteiger charge is 2.41. The molecule has 0 saturated carbocycles. The first kappa shape index (κ1) is 24.3. The van der Waals surface area contributed by atoms with Gasteiger partial charge in [0.05, 0.1) is 11.0 Å². The Kier molecular flexibility index (Phi) is 7.40. The number of carbonyl (C=O) groups is 2. The number of aryl methyl sites for hydroxylation is 1. The lowest BCUT2D eigenvalue weighted by Gasteiger charge is -2.36. The third kappa shape index (κ3) is 5.91. The van der Waals surface area contributed by atoms with Crippen molar-refractivity contribution < 1.29 is 22.9 Å². The number of nitro groups is 1. The number of carbonyl (C=O) groups excluding carboxylic acids is 2. The molecule has 178 valence electrons. The number of piperidine rings is 1. The van der Waals surface area contributed by atoms with Crippen LogP contribution in [0.5, 0.6) is 0 Å². The zero-order valence-corrected chi connectivity index (χ0v) is 18.7. The number of nitrogens with one attached hydrogen (secondary N) is 5. The Balaban J connectivity index is 1.60. The third-order valence-corrected chi connectivity index (χ3v) is 6.75. The molecule has 0 unspecified atom stereocenters. The van der Waals surface area contributed by atoms with E-state index in [9.17, 15) is 28.1 Å². The van der Waals surface area contributed by atoms with Crippen LogP contribution in [0.1, 0.15) is 28.9 Å². The Morgan fingerprint density at radius 1 is 1.18 bits per heavy atom. The van der Waals surface area contributed by atoms with Gasteiger partial charge in [-0.05, 0) is 49.9 Å². The van der Waals surface area contributed by atoms with Crippen molar-refractivity contribution in [1.29, 1.82) is 0 Å². The molecule has 0 bridgehead atoms. The van der Waals surface area contributed by atoms with E-state index < -0.39 is 38.1 Å². The second-order valence-electron chi connectivity index (χ2n) is 7.65. The average molecular weight is 480 g/mol. The number of benzene rings is 1. The molecule has 2 amide bonds. The van der Waals surface area contributed by atoms with Crippen LogP contribution in [0, 0.1) is 17.0 Å². The third-order valence-electron chi connectivity index (χ3n) is 5.27. The first-order valence-corrected chi connectivity index (χ1v) is 11.7. The predicted molar refractivity (Wildman–Crippen MR) is 117 cm³/mol. The van der Waals surface area contributed by atoms with Gasteiger partial charge in [-0.15, -0.1) is 5.10 Å². The number of hydrogen-bond donors (Lipinski definition) is 5. The lowest BCUT2D eigenvalue weighted by Crippen LogP contribution is -2.63. The minimum absolute atomic E-state index is 0.00283. The zero-order chi connectivity index (χ0) is 24.1. The van der Waals surface area contributed by atoms with Crippen molar-refractivity contribution in [3.8, 4) is 0 Å². The molecule has 1 aromatic heterocycles. The van der Waals surface area contributed by atoms with Gasteiger partial charge in [0, 0.05) is 13.1 Å². The molecule has 1 aromatic carbocycles. The molecule has 13 nitrogen and oxygen atoms in total. The van der Waals surface area contributed by atoms with Crippen molar-refractivity contribution in [2.24, 2.45) is 0 Å². The van der Waals surface area contributed by atoms with Crippen LogP contribution in [0.25, 0.3) is 0 Å². The largest absolute Gasteiger partial charge is 0.358 e. The molecular weight excluding hydrogens is 454 g/mol. The summed E-state index contributed by atoms with van der Waals surface area (Å²) >= 11 is 0. The van der Waals surface area contributed by atoms with Crippen molar-refractivity contribution in [3.63, 3.8) is 0 Å². The van der Waals surface area contributed by atoms with Crippen molar-refractivity contribution in [2.45, 2.75) is 30.2 Å². The molecule has 0 aliphatic carbocycles. The van der Waals surface area contributed by atoms with E-state index in [0.717, 1.165) is 11.6 Å². The molecule has 0 spiro atoms. The Morgan fingerprint density at radius 2 is 1.85 bits per heavy atom. The Hall–Kier alpha value is -3.36. The van der Waals surface area contributed by atoms with Crippen LogP contribution in [-0.2, 0) is 14.8 Å². The molecule has 2 aromatic rings. The van der Waals surface area contributed by atoms with Gasteiger partial charge in [0.2, 0.25) is 15.9 Å². The molecule has 33 heavy (non-hydrogen) atoms. The summed E-state index contributed by atoms with van der Waals surface area (Å²) in [4.78, 5) is 35.8. The molecule has 0 atom stereocenters. The van der Waals surface area contributed by atoms with Crippen molar-refractivity contribution in [2.75, 3.05) is 26.2 Å². The normalized spacial score (nSPS) is 15.5. The van der Waals surface area contributed by atoms with E-state index in [-0.39, 0.29) is 36.5 Å². The van der Waals surface area contributed by atoms with E-state index in [1.54, 1.807) is 12.1 Å². The second kappa shape index (κ2) is 10.1. The molecule has 2 heterocycles. The minimum Gasteiger partial charge on any atom is -0.358 e. The highest BCUT2D eigenvalue weighted by atomic mass is 32.2. The summed E-state index contributed by atoms with van der Waals surface area (Å²) in [5.41, 5.74) is -0.537. The van der Waals surface area contributed by atoms with Gasteiger partial charge in [0.25, 0.3) is 5.91 Å². The van der Waals surface area contributed by atoms with Gasteiger partial charge in [-0.2, -0.15) is 0 Å². The molecule has 1 fully saturated rings. The Bertz CT molecular complexity index is 1120. The van der Waals surface area contributed by atoms with E-state index in [0.29, 0.717) is 13.1 Å². The molecule has 3 rings (SSSR count). The number of amides is 2. The first-order valence-electron chi connectivity index (χ1n) is 10.2. The Morgan fingerprint density at radius 3 is 2.45 bits per heavy atom. The van der Waals surface area contributed by atoms with Gasteiger partial charge >= 0.3 is 5.82 Å². The summed E-state index contributed by atoms with van der Waals surface area (Å²) < 4.78 is 27.1.